The van der Waals surface area contributed by atoms with Crippen LogP contribution < -0.4 is 10.6 Å². The Labute approximate surface area is 107 Å². The first-order valence-electron chi connectivity index (χ1n) is 6.12. The van der Waals surface area contributed by atoms with E-state index in [1.807, 2.05) is 13.8 Å². The third-order valence-electron chi connectivity index (χ3n) is 3.58. The number of ether oxygens (including phenoxy) is 1. The minimum Gasteiger partial charge on any atom is -0.481 e. The van der Waals surface area contributed by atoms with Gasteiger partial charge in [-0.2, -0.15) is 0 Å². The van der Waals surface area contributed by atoms with Crippen LogP contribution in [0.5, 0.6) is 0 Å². The van der Waals surface area contributed by atoms with Crippen molar-refractivity contribution in [3.05, 3.63) is 0 Å². The molecule has 0 unspecified atom stereocenters. The van der Waals surface area contributed by atoms with Gasteiger partial charge in [0.2, 0.25) is 0 Å². The molecule has 0 aromatic heterocycles. The number of carbonyl (C=O) groups excluding carboxylic acids is 1. The maximum absolute atomic E-state index is 11.5. The van der Waals surface area contributed by atoms with E-state index in [2.05, 4.69) is 10.6 Å². The molecule has 0 aromatic rings. The Bertz CT molecular complexity index is 324. The van der Waals surface area contributed by atoms with Crippen molar-refractivity contribution in [1.29, 1.82) is 0 Å². The van der Waals surface area contributed by atoms with Gasteiger partial charge in [0.1, 0.15) is 0 Å². The van der Waals surface area contributed by atoms with Crippen LogP contribution in [-0.4, -0.2) is 42.9 Å². The first-order valence-corrected chi connectivity index (χ1v) is 6.12. The van der Waals surface area contributed by atoms with E-state index in [0.29, 0.717) is 19.4 Å². The third-order valence-corrected chi connectivity index (χ3v) is 3.58. The van der Waals surface area contributed by atoms with Gasteiger partial charge >= 0.3 is 12.0 Å². The standard InChI is InChI=1S/C12H22N2O4/c1-11(2,18-3)7-13-10(17)14-8-12(9(15)16)5-4-6-12/h4-8H2,1-3H3,(H,15,16)(H2,13,14,17). The lowest BCUT2D eigenvalue weighted by Crippen LogP contribution is -2.51. The molecule has 6 nitrogen and oxygen atoms in total. The van der Waals surface area contributed by atoms with E-state index in [0.717, 1.165) is 6.42 Å². The molecule has 18 heavy (non-hydrogen) atoms. The van der Waals surface area contributed by atoms with Gasteiger partial charge in [-0.25, -0.2) is 4.79 Å². The third kappa shape index (κ3) is 3.60. The van der Waals surface area contributed by atoms with Gasteiger partial charge in [0.25, 0.3) is 0 Å². The van der Waals surface area contributed by atoms with E-state index in [4.69, 9.17) is 9.84 Å². The zero-order valence-electron chi connectivity index (χ0n) is 11.2. The molecule has 2 amide bonds. The number of carboxylic acid groups (broad SMARTS) is 1. The van der Waals surface area contributed by atoms with Gasteiger partial charge in [-0.1, -0.05) is 6.42 Å². The van der Waals surface area contributed by atoms with Crippen LogP contribution in [0.25, 0.3) is 0 Å². The molecule has 0 atom stereocenters. The minimum atomic E-state index is -0.828. The average molecular weight is 258 g/mol. The number of hydrogen-bond acceptors (Lipinski definition) is 3. The highest BCUT2D eigenvalue weighted by molar-refractivity contribution is 5.78. The van der Waals surface area contributed by atoms with Gasteiger partial charge in [-0.3, -0.25) is 4.79 Å². The fraction of sp³-hybridized carbons (Fsp3) is 0.833. The van der Waals surface area contributed by atoms with Crippen LogP contribution in [0.3, 0.4) is 0 Å². The van der Waals surface area contributed by atoms with Crippen LogP contribution >= 0.6 is 0 Å². The van der Waals surface area contributed by atoms with Crippen LogP contribution in [0, 0.1) is 5.41 Å². The van der Waals surface area contributed by atoms with Gasteiger partial charge in [0.05, 0.1) is 11.0 Å². The van der Waals surface area contributed by atoms with Crippen molar-refractivity contribution in [2.75, 3.05) is 20.2 Å². The van der Waals surface area contributed by atoms with Gasteiger partial charge in [0.15, 0.2) is 0 Å². The van der Waals surface area contributed by atoms with E-state index in [9.17, 15) is 9.59 Å². The topological polar surface area (TPSA) is 87.7 Å². The Morgan fingerprint density at radius 1 is 1.33 bits per heavy atom. The molecule has 6 heteroatoms. The summed E-state index contributed by atoms with van der Waals surface area (Å²) < 4.78 is 5.17. The molecule has 104 valence electrons. The van der Waals surface area contributed by atoms with Crippen molar-refractivity contribution >= 4 is 12.0 Å². The van der Waals surface area contributed by atoms with Gasteiger partial charge in [-0.05, 0) is 26.7 Å². The zero-order chi connectivity index (χ0) is 13.8. The van der Waals surface area contributed by atoms with Crippen molar-refractivity contribution in [3.8, 4) is 0 Å². The molecule has 0 bridgehead atoms. The lowest BCUT2D eigenvalue weighted by atomic mass is 9.69. The van der Waals surface area contributed by atoms with Crippen molar-refractivity contribution in [3.63, 3.8) is 0 Å². The first-order chi connectivity index (χ1) is 8.31. The second-order valence-corrected chi connectivity index (χ2v) is 5.44. The summed E-state index contributed by atoms with van der Waals surface area (Å²) in [6.07, 6.45) is 2.17. The highest BCUT2D eigenvalue weighted by atomic mass is 16.5. The number of rotatable bonds is 6. The number of hydrogen-bond donors (Lipinski definition) is 3. The Kier molecular flexibility index (Phi) is 4.56. The minimum absolute atomic E-state index is 0.182. The summed E-state index contributed by atoms with van der Waals surface area (Å²) in [7, 11) is 1.58. The number of nitrogens with one attached hydrogen (secondary N) is 2. The number of urea groups is 1. The molecule has 0 spiro atoms. The van der Waals surface area contributed by atoms with E-state index < -0.39 is 17.0 Å². The maximum Gasteiger partial charge on any atom is 0.314 e. The van der Waals surface area contributed by atoms with E-state index >= 15 is 0 Å². The molecule has 0 radical (unpaired) electrons. The molecular formula is C12H22N2O4. The average Bonchev–Trinajstić information content (AvgIpc) is 2.24. The van der Waals surface area contributed by atoms with Gasteiger partial charge < -0.3 is 20.5 Å². The Hall–Kier alpha value is -1.30. The molecular weight excluding hydrogens is 236 g/mol. The summed E-state index contributed by atoms with van der Waals surface area (Å²) in [5.74, 6) is -0.828. The second kappa shape index (κ2) is 5.56. The molecule has 0 heterocycles. The monoisotopic (exact) mass is 258 g/mol. The van der Waals surface area contributed by atoms with Gasteiger partial charge in [0, 0.05) is 20.2 Å². The number of carbonyl (C=O) groups is 2. The van der Waals surface area contributed by atoms with Crippen LogP contribution in [0.4, 0.5) is 4.79 Å². The number of methoxy groups -OCH3 is 1. The summed E-state index contributed by atoms with van der Waals surface area (Å²) >= 11 is 0. The summed E-state index contributed by atoms with van der Waals surface area (Å²) in [6.45, 7) is 4.27. The Morgan fingerprint density at radius 2 is 1.94 bits per heavy atom. The Balaban J connectivity index is 2.31. The summed E-state index contributed by atoms with van der Waals surface area (Å²) in [4.78, 5) is 22.6. The molecule has 0 aromatic carbocycles. The van der Waals surface area contributed by atoms with E-state index in [-0.39, 0.29) is 12.6 Å². The quantitative estimate of drug-likeness (QED) is 0.662. The van der Waals surface area contributed by atoms with Crippen molar-refractivity contribution < 1.29 is 19.4 Å². The molecule has 1 saturated carbocycles. The second-order valence-electron chi connectivity index (χ2n) is 5.44. The lowest BCUT2D eigenvalue weighted by Gasteiger charge is -2.37. The highest BCUT2D eigenvalue weighted by Crippen LogP contribution is 2.40. The van der Waals surface area contributed by atoms with E-state index in [1.165, 1.54) is 0 Å². The van der Waals surface area contributed by atoms with Crippen LogP contribution in [0.1, 0.15) is 33.1 Å². The Morgan fingerprint density at radius 3 is 2.33 bits per heavy atom. The zero-order valence-corrected chi connectivity index (χ0v) is 11.2. The summed E-state index contributed by atoms with van der Waals surface area (Å²) in [6, 6.07) is -0.354. The molecule has 1 rings (SSSR count). The van der Waals surface area contributed by atoms with Crippen LogP contribution in [0.15, 0.2) is 0 Å². The maximum atomic E-state index is 11.5. The summed E-state index contributed by atoms with van der Waals surface area (Å²) in [5, 5.41) is 14.4. The number of aliphatic carboxylic acids is 1. The fourth-order valence-corrected chi connectivity index (χ4v) is 1.75. The van der Waals surface area contributed by atoms with Crippen LogP contribution in [-0.2, 0) is 9.53 Å². The fourth-order valence-electron chi connectivity index (χ4n) is 1.75. The van der Waals surface area contributed by atoms with Crippen molar-refractivity contribution in [2.24, 2.45) is 5.41 Å². The van der Waals surface area contributed by atoms with Crippen molar-refractivity contribution in [1.82, 2.24) is 10.6 Å². The predicted octanol–water partition coefficient (Wildman–Crippen LogP) is 0.965. The molecule has 0 aliphatic heterocycles. The molecule has 0 saturated heterocycles. The molecule has 1 fully saturated rings. The van der Waals surface area contributed by atoms with Crippen molar-refractivity contribution in [2.45, 2.75) is 38.7 Å². The van der Waals surface area contributed by atoms with Crippen LogP contribution in [0.2, 0.25) is 0 Å². The number of amides is 2. The predicted molar refractivity (Wildman–Crippen MR) is 66.4 cm³/mol. The summed E-state index contributed by atoms with van der Waals surface area (Å²) in [5.41, 5.74) is -1.19. The largest absolute Gasteiger partial charge is 0.481 e. The lowest BCUT2D eigenvalue weighted by molar-refractivity contribution is -0.153. The number of carboxylic acids is 1. The van der Waals surface area contributed by atoms with E-state index in [1.54, 1.807) is 7.11 Å². The highest BCUT2D eigenvalue weighted by Gasteiger charge is 2.44. The molecule has 1 aliphatic carbocycles. The first kappa shape index (κ1) is 14.8. The molecule has 3 N–H and O–H groups in total. The SMILES string of the molecule is COC(C)(C)CNC(=O)NCC1(C(=O)O)CCC1. The normalized spacial score (nSPS) is 17.7. The van der Waals surface area contributed by atoms with Gasteiger partial charge in [-0.15, -0.1) is 0 Å². The smallest absolute Gasteiger partial charge is 0.314 e. The molecule has 1 aliphatic rings.